The highest BCUT2D eigenvalue weighted by atomic mass is 16.3. The highest BCUT2D eigenvalue weighted by Crippen LogP contribution is 2.10. The number of benzene rings is 1. The number of carbonyl (C=O) groups is 2. The van der Waals surface area contributed by atoms with E-state index in [0.29, 0.717) is 25.3 Å². The Morgan fingerprint density at radius 2 is 2.00 bits per heavy atom. The number of rotatable bonds is 5. The van der Waals surface area contributed by atoms with Crippen LogP contribution in [-0.2, 0) is 17.8 Å². The van der Waals surface area contributed by atoms with Gasteiger partial charge in [-0.15, -0.1) is 0 Å². The number of carbonyl (C=O) groups excluding carboxylic acids is 2. The molecule has 3 amide bonds. The third-order valence-corrected chi connectivity index (χ3v) is 3.85. The monoisotopic (exact) mass is 342 g/mol. The van der Waals surface area contributed by atoms with Gasteiger partial charge in [0, 0.05) is 24.8 Å². The normalized spacial score (nSPS) is 13.6. The summed E-state index contributed by atoms with van der Waals surface area (Å²) in [5.74, 6) is -0.789. The van der Waals surface area contributed by atoms with Crippen LogP contribution in [0.25, 0.3) is 0 Å². The van der Waals surface area contributed by atoms with Gasteiger partial charge in [0.1, 0.15) is 0 Å². The summed E-state index contributed by atoms with van der Waals surface area (Å²) in [5.41, 5.74) is 3.37. The summed E-state index contributed by atoms with van der Waals surface area (Å²) in [5, 5.41) is 13.5. The Kier molecular flexibility index (Phi) is 4.69. The molecule has 1 aromatic carbocycles. The second-order valence-electron chi connectivity index (χ2n) is 5.72. The Balaban J connectivity index is 1.79. The van der Waals surface area contributed by atoms with Gasteiger partial charge >= 0.3 is 6.03 Å². The van der Waals surface area contributed by atoms with Gasteiger partial charge in [0.2, 0.25) is 11.3 Å². The minimum Gasteiger partial charge on any atom is -0.503 e. The lowest BCUT2D eigenvalue weighted by molar-refractivity contribution is -0.123. The van der Waals surface area contributed by atoms with Crippen molar-refractivity contribution in [3.05, 3.63) is 64.1 Å². The van der Waals surface area contributed by atoms with E-state index in [1.807, 2.05) is 30.3 Å². The lowest BCUT2D eigenvalue weighted by atomic mass is 10.2. The van der Waals surface area contributed by atoms with Crippen molar-refractivity contribution in [1.29, 1.82) is 0 Å². The van der Waals surface area contributed by atoms with Gasteiger partial charge in [-0.25, -0.2) is 9.80 Å². The second-order valence-corrected chi connectivity index (χ2v) is 5.72. The van der Waals surface area contributed by atoms with Gasteiger partial charge < -0.3 is 15.0 Å². The first-order valence-electron chi connectivity index (χ1n) is 7.84. The average Bonchev–Trinajstić information content (AvgIpc) is 2.98. The summed E-state index contributed by atoms with van der Waals surface area (Å²) in [7, 11) is 0. The van der Waals surface area contributed by atoms with Crippen LogP contribution in [0.2, 0.25) is 0 Å². The predicted molar refractivity (Wildman–Crippen MR) is 89.9 cm³/mol. The molecule has 0 spiro atoms. The van der Waals surface area contributed by atoms with Crippen molar-refractivity contribution < 1.29 is 14.7 Å². The van der Waals surface area contributed by atoms with Crippen LogP contribution in [0.5, 0.6) is 5.75 Å². The van der Waals surface area contributed by atoms with Crippen LogP contribution in [0.4, 0.5) is 4.79 Å². The van der Waals surface area contributed by atoms with E-state index in [1.165, 1.54) is 17.3 Å². The van der Waals surface area contributed by atoms with Gasteiger partial charge in [0.25, 0.3) is 0 Å². The standard InChI is InChI=1S/C17H18N4O4/c22-14-8-13(9-16(24)19-21-7-6-18-17(21)25)20(11-15(14)23)10-12-4-2-1-3-5-12/h1-5,8,11,23H,6-7,9-10H2,(H,18,25)(H,19,24). The van der Waals surface area contributed by atoms with Crippen molar-refractivity contribution in [2.75, 3.05) is 13.1 Å². The molecule has 130 valence electrons. The fourth-order valence-electron chi connectivity index (χ4n) is 2.62. The van der Waals surface area contributed by atoms with Crippen LogP contribution >= 0.6 is 0 Å². The van der Waals surface area contributed by atoms with Crippen molar-refractivity contribution in [1.82, 2.24) is 20.3 Å². The first kappa shape index (κ1) is 16.6. The Hall–Kier alpha value is -3.29. The summed E-state index contributed by atoms with van der Waals surface area (Å²) in [6.07, 6.45) is 1.23. The summed E-state index contributed by atoms with van der Waals surface area (Å²) in [6, 6.07) is 10.4. The number of hydrogen-bond donors (Lipinski definition) is 3. The van der Waals surface area contributed by atoms with Crippen LogP contribution in [0, 0.1) is 0 Å². The zero-order chi connectivity index (χ0) is 17.8. The molecule has 3 rings (SSSR count). The summed E-state index contributed by atoms with van der Waals surface area (Å²) >= 11 is 0. The highest BCUT2D eigenvalue weighted by Gasteiger charge is 2.22. The van der Waals surface area contributed by atoms with Gasteiger partial charge in [-0.2, -0.15) is 0 Å². The van der Waals surface area contributed by atoms with Gasteiger partial charge in [-0.1, -0.05) is 30.3 Å². The van der Waals surface area contributed by atoms with Crippen molar-refractivity contribution in [2.24, 2.45) is 0 Å². The molecule has 3 N–H and O–H groups in total. The van der Waals surface area contributed by atoms with Gasteiger partial charge in [0.05, 0.1) is 19.2 Å². The van der Waals surface area contributed by atoms with E-state index in [0.717, 1.165) is 5.56 Å². The van der Waals surface area contributed by atoms with Crippen molar-refractivity contribution >= 4 is 11.9 Å². The van der Waals surface area contributed by atoms with E-state index in [9.17, 15) is 19.5 Å². The molecule has 0 saturated carbocycles. The Morgan fingerprint density at radius 1 is 1.24 bits per heavy atom. The number of nitrogens with zero attached hydrogens (tertiary/aromatic N) is 2. The van der Waals surface area contributed by atoms with Gasteiger partial charge in [0.15, 0.2) is 5.75 Å². The maximum atomic E-state index is 12.2. The smallest absolute Gasteiger partial charge is 0.336 e. The summed E-state index contributed by atoms with van der Waals surface area (Å²) in [4.78, 5) is 35.4. The lowest BCUT2D eigenvalue weighted by Crippen LogP contribution is -2.45. The highest BCUT2D eigenvalue weighted by molar-refractivity contribution is 5.83. The average molecular weight is 342 g/mol. The zero-order valence-corrected chi connectivity index (χ0v) is 13.4. The van der Waals surface area contributed by atoms with Crippen LogP contribution in [-0.4, -0.2) is 39.7 Å². The zero-order valence-electron chi connectivity index (χ0n) is 13.4. The molecule has 25 heavy (non-hydrogen) atoms. The molecule has 2 heterocycles. The molecular weight excluding hydrogens is 324 g/mol. The Morgan fingerprint density at radius 3 is 2.68 bits per heavy atom. The summed E-state index contributed by atoms with van der Waals surface area (Å²) < 4.78 is 1.65. The molecule has 1 aliphatic heterocycles. The first-order chi connectivity index (χ1) is 12.0. The number of urea groups is 1. The first-order valence-corrected chi connectivity index (χ1v) is 7.84. The number of hydrogen-bond acceptors (Lipinski definition) is 4. The molecular formula is C17H18N4O4. The molecule has 1 saturated heterocycles. The van der Waals surface area contributed by atoms with Crippen LogP contribution in [0.1, 0.15) is 11.3 Å². The fraction of sp³-hybridized carbons (Fsp3) is 0.235. The van der Waals surface area contributed by atoms with E-state index < -0.39 is 11.3 Å². The third-order valence-electron chi connectivity index (χ3n) is 3.85. The molecule has 1 aromatic heterocycles. The van der Waals surface area contributed by atoms with Crippen LogP contribution in [0.3, 0.4) is 0 Å². The molecule has 1 aliphatic rings. The number of aromatic nitrogens is 1. The number of hydrazine groups is 1. The SMILES string of the molecule is O=C(Cc1cc(=O)c(O)cn1Cc1ccccc1)NN1CCNC1=O. The van der Waals surface area contributed by atoms with Crippen molar-refractivity contribution in [3.63, 3.8) is 0 Å². The number of nitrogens with one attached hydrogen (secondary N) is 2. The quantitative estimate of drug-likeness (QED) is 0.722. The third kappa shape index (κ3) is 3.97. The largest absolute Gasteiger partial charge is 0.503 e. The van der Waals surface area contributed by atoms with E-state index in [1.54, 1.807) is 4.57 Å². The van der Waals surface area contributed by atoms with E-state index in [4.69, 9.17) is 0 Å². The molecule has 8 heteroatoms. The molecule has 1 fully saturated rings. The molecule has 0 unspecified atom stereocenters. The number of pyridine rings is 1. The second kappa shape index (κ2) is 7.08. The minimum absolute atomic E-state index is 0.0911. The topological polar surface area (TPSA) is 104 Å². The molecule has 0 radical (unpaired) electrons. The van der Waals surface area contributed by atoms with Crippen LogP contribution < -0.4 is 16.2 Å². The maximum absolute atomic E-state index is 12.2. The van der Waals surface area contributed by atoms with Gasteiger partial charge in [-0.3, -0.25) is 15.0 Å². The Bertz CT molecular complexity index is 847. The van der Waals surface area contributed by atoms with E-state index in [-0.39, 0.29) is 18.2 Å². The van der Waals surface area contributed by atoms with Gasteiger partial charge in [-0.05, 0) is 5.56 Å². The Labute approximate surface area is 143 Å². The number of amides is 3. The fourth-order valence-corrected chi connectivity index (χ4v) is 2.62. The molecule has 0 bridgehead atoms. The molecule has 8 nitrogen and oxygen atoms in total. The molecule has 0 atom stereocenters. The summed E-state index contributed by atoms with van der Waals surface area (Å²) in [6.45, 7) is 1.26. The van der Waals surface area contributed by atoms with E-state index in [2.05, 4.69) is 10.7 Å². The molecule has 0 aliphatic carbocycles. The lowest BCUT2D eigenvalue weighted by Gasteiger charge is -2.17. The van der Waals surface area contributed by atoms with Crippen molar-refractivity contribution in [3.8, 4) is 5.75 Å². The maximum Gasteiger partial charge on any atom is 0.336 e. The van der Waals surface area contributed by atoms with Crippen molar-refractivity contribution in [2.45, 2.75) is 13.0 Å². The number of aromatic hydroxyl groups is 1. The van der Waals surface area contributed by atoms with Crippen LogP contribution in [0.15, 0.2) is 47.4 Å². The minimum atomic E-state index is -0.550. The van der Waals surface area contributed by atoms with E-state index >= 15 is 0 Å². The molecule has 2 aromatic rings. The predicted octanol–water partition coefficient (Wildman–Crippen LogP) is 0.201.